The van der Waals surface area contributed by atoms with Crippen LogP contribution in [0, 0.1) is 5.41 Å². The maximum absolute atomic E-state index is 5.13. The van der Waals surface area contributed by atoms with E-state index in [1.165, 1.54) is 47.9 Å². The van der Waals surface area contributed by atoms with Crippen molar-refractivity contribution in [2.75, 3.05) is 26.7 Å². The van der Waals surface area contributed by atoms with Crippen molar-refractivity contribution in [1.29, 1.82) is 0 Å². The van der Waals surface area contributed by atoms with Crippen LogP contribution in [0.2, 0.25) is 0 Å². The van der Waals surface area contributed by atoms with Crippen LogP contribution in [0.25, 0.3) is 0 Å². The van der Waals surface area contributed by atoms with Gasteiger partial charge in [0.05, 0.1) is 12.0 Å². The van der Waals surface area contributed by atoms with Crippen LogP contribution in [-0.2, 0) is 12.1 Å². The highest BCUT2D eigenvalue weighted by Crippen LogP contribution is 2.42. The van der Waals surface area contributed by atoms with Crippen molar-refractivity contribution in [3.8, 4) is 0 Å². The minimum absolute atomic E-state index is 0.166. The van der Waals surface area contributed by atoms with Gasteiger partial charge in [0.2, 0.25) is 0 Å². The van der Waals surface area contributed by atoms with Crippen molar-refractivity contribution in [2.45, 2.75) is 64.1 Å². The molecule has 1 saturated heterocycles. The first kappa shape index (κ1) is 28.6. The lowest BCUT2D eigenvalue weighted by Gasteiger charge is -2.52. The summed E-state index contributed by atoms with van der Waals surface area (Å²) in [6.07, 6.45) is 11.7. The molecule has 0 saturated carbocycles. The first-order valence-electron chi connectivity index (χ1n) is 15.6. The Labute approximate surface area is 252 Å². The van der Waals surface area contributed by atoms with Gasteiger partial charge in [0, 0.05) is 37.9 Å². The van der Waals surface area contributed by atoms with Crippen molar-refractivity contribution in [3.63, 3.8) is 0 Å². The number of rotatable bonds is 6. The third kappa shape index (κ3) is 5.50. The molecule has 0 N–H and O–H groups in total. The zero-order chi connectivity index (χ0) is 29.2. The standard InChI is InChI=1S/C38H46N4/c1-31-20-21-37(23-22-36(2,3)26-31)29-40(4)24-25-41(37)27-35-28-42(30-39-35)38(32-14-8-5-9-15-32,33-16-10-6-11-17-33)34-18-12-7-13-19-34/h5-19,26,28,30H,20-25,27,29H2,1-4H3. The van der Waals surface area contributed by atoms with Crippen LogP contribution in [0.1, 0.15) is 68.8 Å². The Balaban J connectivity index is 1.41. The number of imidazole rings is 1. The highest BCUT2D eigenvalue weighted by Gasteiger charge is 2.43. The van der Waals surface area contributed by atoms with Gasteiger partial charge in [-0.15, -0.1) is 0 Å². The van der Waals surface area contributed by atoms with Crippen LogP contribution < -0.4 is 0 Å². The smallest absolute Gasteiger partial charge is 0.121 e. The van der Waals surface area contributed by atoms with E-state index in [-0.39, 0.29) is 11.0 Å². The molecule has 1 spiro atoms. The van der Waals surface area contributed by atoms with Gasteiger partial charge in [-0.25, -0.2) is 4.98 Å². The fraction of sp³-hybridized carbons (Fsp3) is 0.395. The normalized spacial score (nSPS) is 22.0. The number of aromatic nitrogens is 2. The Hall–Kier alpha value is -3.47. The molecule has 0 bridgehead atoms. The summed E-state index contributed by atoms with van der Waals surface area (Å²) >= 11 is 0. The maximum atomic E-state index is 5.13. The molecule has 3 aromatic carbocycles. The van der Waals surface area contributed by atoms with E-state index in [4.69, 9.17) is 4.98 Å². The number of allylic oxidation sites excluding steroid dienone is 2. The monoisotopic (exact) mass is 558 g/mol. The first-order valence-corrected chi connectivity index (χ1v) is 15.6. The molecule has 218 valence electrons. The van der Waals surface area contributed by atoms with E-state index in [1.807, 2.05) is 0 Å². The molecule has 1 atom stereocenters. The summed E-state index contributed by atoms with van der Waals surface area (Å²) in [5.74, 6) is 0. The average Bonchev–Trinajstić information content (AvgIpc) is 3.47. The molecule has 0 radical (unpaired) electrons. The summed E-state index contributed by atoms with van der Waals surface area (Å²) in [6.45, 7) is 11.3. The highest BCUT2D eigenvalue weighted by molar-refractivity contribution is 5.50. The van der Waals surface area contributed by atoms with Gasteiger partial charge in [-0.05, 0) is 61.8 Å². The van der Waals surface area contributed by atoms with Crippen molar-refractivity contribution in [3.05, 3.63) is 138 Å². The van der Waals surface area contributed by atoms with E-state index in [9.17, 15) is 0 Å². The van der Waals surface area contributed by atoms with Gasteiger partial charge in [0.25, 0.3) is 0 Å². The zero-order valence-corrected chi connectivity index (χ0v) is 25.8. The van der Waals surface area contributed by atoms with Crippen molar-refractivity contribution in [2.24, 2.45) is 5.41 Å². The molecular formula is C38H46N4. The van der Waals surface area contributed by atoms with Gasteiger partial charge in [-0.1, -0.05) is 116 Å². The quantitative estimate of drug-likeness (QED) is 0.179. The molecule has 0 amide bonds. The molecule has 1 aromatic heterocycles. The minimum atomic E-state index is -0.527. The zero-order valence-electron chi connectivity index (χ0n) is 25.8. The van der Waals surface area contributed by atoms with E-state index in [0.717, 1.165) is 31.9 Å². The summed E-state index contributed by atoms with van der Waals surface area (Å²) in [5, 5.41) is 0. The summed E-state index contributed by atoms with van der Waals surface area (Å²) in [5.41, 5.74) is 6.24. The van der Waals surface area contributed by atoms with Crippen LogP contribution in [0.15, 0.2) is 115 Å². The Morgan fingerprint density at radius 3 is 1.90 bits per heavy atom. The number of piperazine rings is 1. The molecular weight excluding hydrogens is 512 g/mol. The van der Waals surface area contributed by atoms with E-state index in [2.05, 4.69) is 152 Å². The van der Waals surface area contributed by atoms with Crippen molar-refractivity contribution >= 4 is 0 Å². The van der Waals surface area contributed by atoms with Crippen LogP contribution >= 0.6 is 0 Å². The third-order valence-corrected chi connectivity index (χ3v) is 9.79. The summed E-state index contributed by atoms with van der Waals surface area (Å²) < 4.78 is 2.36. The first-order chi connectivity index (χ1) is 20.3. The third-order valence-electron chi connectivity index (χ3n) is 9.79. The Bertz CT molecular complexity index is 1390. The predicted octanol–water partition coefficient (Wildman–Crippen LogP) is 7.76. The molecule has 1 unspecified atom stereocenters. The van der Waals surface area contributed by atoms with Gasteiger partial charge in [-0.3, -0.25) is 4.90 Å². The molecule has 4 nitrogen and oxygen atoms in total. The lowest BCUT2D eigenvalue weighted by Crippen LogP contribution is -2.61. The largest absolute Gasteiger partial charge is 0.319 e. The number of hydrogen-bond acceptors (Lipinski definition) is 3. The van der Waals surface area contributed by atoms with Crippen molar-refractivity contribution < 1.29 is 0 Å². The van der Waals surface area contributed by atoms with Crippen LogP contribution in [-0.4, -0.2) is 51.6 Å². The second-order valence-electron chi connectivity index (χ2n) is 13.4. The van der Waals surface area contributed by atoms with Gasteiger partial charge in [0.1, 0.15) is 5.54 Å². The number of nitrogens with zero attached hydrogens (tertiary/aromatic N) is 4. The summed E-state index contributed by atoms with van der Waals surface area (Å²) in [6, 6.07) is 32.7. The molecule has 4 heteroatoms. The number of hydrogen-bond donors (Lipinski definition) is 0. The fourth-order valence-electron chi connectivity index (χ4n) is 7.66. The predicted molar refractivity (Wildman–Crippen MR) is 173 cm³/mol. The summed E-state index contributed by atoms with van der Waals surface area (Å²) in [4.78, 5) is 10.5. The number of benzene rings is 3. The van der Waals surface area contributed by atoms with Gasteiger partial charge >= 0.3 is 0 Å². The van der Waals surface area contributed by atoms with E-state index in [0.29, 0.717) is 0 Å². The Morgan fingerprint density at radius 1 is 0.762 bits per heavy atom. The van der Waals surface area contributed by atoms with Gasteiger partial charge in [-0.2, -0.15) is 0 Å². The minimum Gasteiger partial charge on any atom is -0.319 e. The second kappa shape index (κ2) is 11.7. The van der Waals surface area contributed by atoms with Gasteiger partial charge in [0.15, 0.2) is 0 Å². The number of likely N-dealkylation sites (N-methyl/N-ethyl adjacent to an activating group) is 1. The Kier molecular flexibility index (Phi) is 7.95. The van der Waals surface area contributed by atoms with E-state index in [1.54, 1.807) is 0 Å². The van der Waals surface area contributed by atoms with Crippen LogP contribution in [0.5, 0.6) is 0 Å². The maximum Gasteiger partial charge on any atom is 0.121 e. The molecule has 6 rings (SSSR count). The SMILES string of the molecule is CC1=CC(C)(C)CCC2(CC1)CN(C)CCN2Cc1cn(C(c2ccccc2)(c2ccccc2)c2ccccc2)cn1. The molecule has 2 aliphatic rings. The topological polar surface area (TPSA) is 24.3 Å². The van der Waals surface area contributed by atoms with Crippen molar-refractivity contribution in [1.82, 2.24) is 19.4 Å². The molecule has 1 fully saturated rings. The van der Waals surface area contributed by atoms with Crippen LogP contribution in [0.4, 0.5) is 0 Å². The second-order valence-corrected chi connectivity index (χ2v) is 13.4. The van der Waals surface area contributed by atoms with E-state index >= 15 is 0 Å². The molecule has 4 aromatic rings. The van der Waals surface area contributed by atoms with E-state index < -0.39 is 5.54 Å². The highest BCUT2D eigenvalue weighted by atomic mass is 15.3. The summed E-state index contributed by atoms with van der Waals surface area (Å²) in [7, 11) is 2.30. The fourth-order valence-corrected chi connectivity index (χ4v) is 7.66. The molecule has 1 aliphatic heterocycles. The molecule has 42 heavy (non-hydrogen) atoms. The molecule has 2 heterocycles. The average molecular weight is 559 g/mol. The Morgan fingerprint density at radius 2 is 1.33 bits per heavy atom. The lowest BCUT2D eigenvalue weighted by atomic mass is 9.73. The van der Waals surface area contributed by atoms with Crippen LogP contribution in [0.3, 0.4) is 0 Å². The lowest BCUT2D eigenvalue weighted by molar-refractivity contribution is -0.0186. The molecule has 1 aliphatic carbocycles. The van der Waals surface area contributed by atoms with Gasteiger partial charge < -0.3 is 9.47 Å².